The van der Waals surface area contributed by atoms with Crippen LogP contribution in [0.2, 0.25) is 0 Å². The molecule has 0 saturated carbocycles. The molecule has 6 nitrogen and oxygen atoms in total. The molecule has 1 heterocycles. The summed E-state index contributed by atoms with van der Waals surface area (Å²) in [5.41, 5.74) is 2.90. The minimum absolute atomic E-state index is 0.175. The molecule has 0 aromatic heterocycles. The molecule has 1 fully saturated rings. The molecule has 1 saturated heterocycles. The molecule has 0 atom stereocenters. The molecular weight excluding hydrogens is 417 g/mol. The average molecular weight is 456 g/mol. The fourth-order valence-electron chi connectivity index (χ4n) is 4.08. The van der Waals surface area contributed by atoms with Crippen molar-refractivity contribution in [1.29, 1.82) is 0 Å². The highest BCUT2D eigenvalue weighted by Crippen LogP contribution is 2.15. The number of carbonyl (C=O) groups is 1. The molecule has 1 aliphatic rings. The zero-order valence-corrected chi connectivity index (χ0v) is 20.3. The van der Waals surface area contributed by atoms with E-state index in [2.05, 4.69) is 40.2 Å². The molecular formula is C26H38FN5O. The molecule has 7 heteroatoms. The predicted octanol–water partition coefficient (Wildman–Crippen LogP) is 3.24. The highest BCUT2D eigenvalue weighted by Gasteiger charge is 2.18. The lowest BCUT2D eigenvalue weighted by Gasteiger charge is -2.34. The third-order valence-corrected chi connectivity index (χ3v) is 6.28. The molecule has 0 radical (unpaired) electrons. The van der Waals surface area contributed by atoms with Gasteiger partial charge in [0.1, 0.15) is 5.82 Å². The highest BCUT2D eigenvalue weighted by atomic mass is 19.1. The first kappa shape index (κ1) is 25.1. The number of urea groups is 1. The summed E-state index contributed by atoms with van der Waals surface area (Å²) in [5, 5.41) is 3.08. The van der Waals surface area contributed by atoms with Crippen molar-refractivity contribution >= 4 is 6.03 Å². The second-order valence-corrected chi connectivity index (χ2v) is 8.95. The van der Waals surface area contributed by atoms with Crippen molar-refractivity contribution in [2.75, 3.05) is 59.9 Å². The van der Waals surface area contributed by atoms with Gasteiger partial charge in [0.25, 0.3) is 0 Å². The third-order valence-electron chi connectivity index (χ3n) is 6.28. The van der Waals surface area contributed by atoms with Gasteiger partial charge in [0.15, 0.2) is 0 Å². The van der Waals surface area contributed by atoms with Gasteiger partial charge in [0, 0.05) is 57.9 Å². The zero-order valence-electron chi connectivity index (χ0n) is 20.3. The predicted molar refractivity (Wildman–Crippen MR) is 131 cm³/mol. The van der Waals surface area contributed by atoms with Crippen LogP contribution in [0, 0.1) is 5.82 Å². The Balaban J connectivity index is 1.62. The number of rotatable bonds is 10. The van der Waals surface area contributed by atoms with Crippen molar-refractivity contribution in [1.82, 2.24) is 24.9 Å². The summed E-state index contributed by atoms with van der Waals surface area (Å²) < 4.78 is 14.2. The van der Waals surface area contributed by atoms with Gasteiger partial charge < -0.3 is 20.0 Å². The van der Waals surface area contributed by atoms with Gasteiger partial charge in [-0.25, -0.2) is 9.18 Å². The van der Waals surface area contributed by atoms with E-state index in [0.717, 1.165) is 44.8 Å². The first-order chi connectivity index (χ1) is 16.0. The van der Waals surface area contributed by atoms with E-state index in [1.54, 1.807) is 23.1 Å². The maximum absolute atomic E-state index is 14.2. The molecule has 2 amide bonds. The van der Waals surface area contributed by atoms with Crippen molar-refractivity contribution in [3.63, 3.8) is 0 Å². The van der Waals surface area contributed by atoms with Crippen LogP contribution in [-0.4, -0.2) is 85.5 Å². The Morgan fingerprint density at radius 2 is 1.52 bits per heavy atom. The summed E-state index contributed by atoms with van der Waals surface area (Å²) in [4.78, 5) is 21.7. The van der Waals surface area contributed by atoms with Crippen LogP contribution >= 0.6 is 0 Å². The molecule has 0 spiro atoms. The van der Waals surface area contributed by atoms with Crippen LogP contribution in [0.15, 0.2) is 48.5 Å². The molecule has 1 N–H and O–H groups in total. The molecule has 2 aromatic carbocycles. The van der Waals surface area contributed by atoms with E-state index in [0.29, 0.717) is 25.2 Å². The standard InChI is InChI=1S/C26H38FN5O/c1-4-30-14-16-31(17-15-30)20-23-10-6-5-9-22(23)19-28-26(33)32(18-13-29(2)3)21-24-11-7-8-12-25(24)27/h5-12H,4,13-21H2,1-3H3,(H,28,33). The van der Waals surface area contributed by atoms with Crippen LogP contribution in [0.3, 0.4) is 0 Å². The van der Waals surface area contributed by atoms with Crippen molar-refractivity contribution in [3.8, 4) is 0 Å². The SMILES string of the molecule is CCN1CCN(Cc2ccccc2CNC(=O)N(CCN(C)C)Cc2ccccc2F)CC1. The van der Waals surface area contributed by atoms with E-state index < -0.39 is 0 Å². The second-order valence-electron chi connectivity index (χ2n) is 8.95. The van der Waals surface area contributed by atoms with E-state index in [1.165, 1.54) is 11.6 Å². The number of amides is 2. The largest absolute Gasteiger partial charge is 0.334 e. The Labute approximate surface area is 198 Å². The fraction of sp³-hybridized carbons (Fsp3) is 0.500. The number of benzene rings is 2. The number of halogens is 1. The number of nitrogens with one attached hydrogen (secondary N) is 1. The number of hydrogen-bond acceptors (Lipinski definition) is 4. The number of piperazine rings is 1. The molecule has 33 heavy (non-hydrogen) atoms. The van der Waals surface area contributed by atoms with Crippen LogP contribution in [0.25, 0.3) is 0 Å². The van der Waals surface area contributed by atoms with Gasteiger partial charge in [-0.3, -0.25) is 4.90 Å². The van der Waals surface area contributed by atoms with Crippen LogP contribution in [-0.2, 0) is 19.6 Å². The minimum atomic E-state index is -0.284. The van der Waals surface area contributed by atoms with Crippen LogP contribution < -0.4 is 5.32 Å². The first-order valence-corrected chi connectivity index (χ1v) is 11.9. The molecule has 2 aromatic rings. The number of nitrogens with zero attached hydrogens (tertiary/aromatic N) is 4. The highest BCUT2D eigenvalue weighted by molar-refractivity contribution is 5.74. The van der Waals surface area contributed by atoms with Gasteiger partial charge >= 0.3 is 6.03 Å². The molecule has 0 bridgehead atoms. The molecule has 1 aliphatic heterocycles. The van der Waals surface area contributed by atoms with E-state index >= 15 is 0 Å². The molecule has 0 unspecified atom stereocenters. The lowest BCUT2D eigenvalue weighted by molar-refractivity contribution is 0.131. The van der Waals surface area contributed by atoms with Gasteiger partial charge in [0.2, 0.25) is 0 Å². The Kier molecular flexibility index (Phi) is 9.66. The monoisotopic (exact) mass is 455 g/mol. The Bertz CT molecular complexity index is 882. The van der Waals surface area contributed by atoms with Crippen molar-refractivity contribution < 1.29 is 9.18 Å². The van der Waals surface area contributed by atoms with E-state index in [4.69, 9.17) is 0 Å². The van der Waals surface area contributed by atoms with Crippen LogP contribution in [0.1, 0.15) is 23.6 Å². The van der Waals surface area contributed by atoms with Gasteiger partial charge in [-0.1, -0.05) is 49.4 Å². The summed E-state index contributed by atoms with van der Waals surface area (Å²) in [5.74, 6) is -0.284. The van der Waals surface area contributed by atoms with Gasteiger partial charge in [-0.2, -0.15) is 0 Å². The van der Waals surface area contributed by atoms with Crippen molar-refractivity contribution in [3.05, 3.63) is 71.0 Å². The van der Waals surface area contributed by atoms with E-state index in [-0.39, 0.29) is 18.4 Å². The number of carbonyl (C=O) groups excluding carboxylic acids is 1. The minimum Gasteiger partial charge on any atom is -0.334 e. The summed E-state index contributed by atoms with van der Waals surface area (Å²) in [6, 6.07) is 14.8. The molecule has 3 rings (SSSR count). The third kappa shape index (κ3) is 7.81. The number of likely N-dealkylation sites (N-methyl/N-ethyl adjacent to an activating group) is 2. The van der Waals surface area contributed by atoms with Gasteiger partial charge in [0.05, 0.1) is 6.54 Å². The van der Waals surface area contributed by atoms with Crippen molar-refractivity contribution in [2.45, 2.75) is 26.6 Å². The lowest BCUT2D eigenvalue weighted by Crippen LogP contribution is -2.45. The van der Waals surface area contributed by atoms with E-state index in [9.17, 15) is 9.18 Å². The van der Waals surface area contributed by atoms with Crippen molar-refractivity contribution in [2.24, 2.45) is 0 Å². The van der Waals surface area contributed by atoms with Crippen LogP contribution in [0.5, 0.6) is 0 Å². The van der Waals surface area contributed by atoms with Gasteiger partial charge in [-0.05, 0) is 37.8 Å². The Morgan fingerprint density at radius 1 is 0.909 bits per heavy atom. The zero-order chi connectivity index (χ0) is 23.6. The maximum Gasteiger partial charge on any atom is 0.318 e. The van der Waals surface area contributed by atoms with E-state index in [1.807, 2.05) is 25.1 Å². The molecule has 180 valence electrons. The summed E-state index contributed by atoms with van der Waals surface area (Å²) in [7, 11) is 3.94. The second kappa shape index (κ2) is 12.7. The quantitative estimate of drug-likeness (QED) is 0.597. The first-order valence-electron chi connectivity index (χ1n) is 11.9. The molecule has 0 aliphatic carbocycles. The Hall–Kier alpha value is -2.48. The summed E-state index contributed by atoms with van der Waals surface area (Å²) in [6.45, 7) is 10.5. The maximum atomic E-state index is 14.2. The smallest absolute Gasteiger partial charge is 0.318 e. The average Bonchev–Trinajstić information content (AvgIpc) is 2.82. The fourth-order valence-corrected chi connectivity index (χ4v) is 4.08. The number of hydrogen-bond donors (Lipinski definition) is 1. The van der Waals surface area contributed by atoms with Gasteiger partial charge in [-0.15, -0.1) is 0 Å². The summed E-state index contributed by atoms with van der Waals surface area (Å²) >= 11 is 0. The lowest BCUT2D eigenvalue weighted by atomic mass is 10.1. The normalized spacial score (nSPS) is 15.1. The topological polar surface area (TPSA) is 42.1 Å². The summed E-state index contributed by atoms with van der Waals surface area (Å²) in [6.07, 6.45) is 0. The van der Waals surface area contributed by atoms with Crippen LogP contribution in [0.4, 0.5) is 9.18 Å². The Morgan fingerprint density at radius 3 is 2.15 bits per heavy atom.